The molecular weight excluding hydrogens is 200 g/mol. The number of rotatable bonds is 6. The van der Waals surface area contributed by atoms with E-state index < -0.39 is 0 Å². The largest absolute Gasteiger partial charge is 0.352 e. The molecule has 1 saturated heterocycles. The van der Waals surface area contributed by atoms with Gasteiger partial charge in [0.1, 0.15) is 0 Å². The van der Waals surface area contributed by atoms with Crippen LogP contribution >= 0.6 is 0 Å². The maximum absolute atomic E-state index is 6.12. The molecule has 90 valence electrons. The summed E-state index contributed by atoms with van der Waals surface area (Å²) in [6.45, 7) is 0.760. The molecule has 1 aliphatic heterocycles. The normalized spacial score (nSPS) is 30.0. The molecule has 0 spiro atoms. The van der Waals surface area contributed by atoms with E-state index in [9.17, 15) is 0 Å². The highest BCUT2D eigenvalue weighted by Crippen LogP contribution is 2.29. The maximum Gasteiger partial charge on any atom is 0.157 e. The Labute approximate surface area is 97.7 Å². The predicted octanol–water partition coefficient (Wildman–Crippen LogP) is 1.71. The number of nitrogens with two attached hydrogens (primary N) is 1. The minimum absolute atomic E-state index is 0.122. The van der Waals surface area contributed by atoms with Crippen molar-refractivity contribution in [1.82, 2.24) is 5.32 Å². The summed E-state index contributed by atoms with van der Waals surface area (Å²) in [7, 11) is 1.92. The van der Waals surface area contributed by atoms with Gasteiger partial charge in [-0.1, -0.05) is 23.8 Å². The summed E-state index contributed by atoms with van der Waals surface area (Å²) >= 11 is 0. The molecule has 0 amide bonds. The predicted molar refractivity (Wildman–Crippen MR) is 66.0 cm³/mol. The molecule has 0 aromatic carbocycles. The van der Waals surface area contributed by atoms with Crippen molar-refractivity contribution in [3.8, 4) is 0 Å². The van der Waals surface area contributed by atoms with Crippen LogP contribution < -0.4 is 11.1 Å². The third-order valence-corrected chi connectivity index (χ3v) is 3.59. The van der Waals surface area contributed by atoms with E-state index in [-0.39, 0.29) is 11.8 Å². The lowest BCUT2D eigenvalue weighted by atomic mass is 9.96. The zero-order chi connectivity index (χ0) is 11.4. The standard InChI is InChI=1S/C13H22N2O/c1-15-13(10-16-13)12(14)9-5-8-11-6-3-2-4-7-11/h2-3,6,12,15H,4-5,7-10,14H2,1H3. The summed E-state index contributed by atoms with van der Waals surface area (Å²) in [5.74, 6) is 0. The minimum atomic E-state index is -0.207. The van der Waals surface area contributed by atoms with Gasteiger partial charge in [-0.3, -0.25) is 5.32 Å². The fraction of sp³-hybridized carbons (Fsp3) is 0.692. The molecule has 0 saturated carbocycles. The van der Waals surface area contributed by atoms with Gasteiger partial charge in [-0.05, 0) is 39.2 Å². The molecule has 1 aliphatic carbocycles. The van der Waals surface area contributed by atoms with Crippen molar-refractivity contribution in [2.45, 2.75) is 43.9 Å². The summed E-state index contributed by atoms with van der Waals surface area (Å²) < 4.78 is 5.39. The van der Waals surface area contributed by atoms with Crippen LogP contribution in [0.25, 0.3) is 0 Å². The molecule has 0 aromatic rings. The molecule has 1 fully saturated rings. The monoisotopic (exact) mass is 222 g/mol. The Hall–Kier alpha value is -0.640. The molecule has 3 N–H and O–H groups in total. The summed E-state index contributed by atoms with van der Waals surface area (Å²) in [6.07, 6.45) is 12.4. The van der Waals surface area contributed by atoms with Gasteiger partial charge in [0.15, 0.2) is 5.72 Å². The third kappa shape index (κ3) is 2.73. The van der Waals surface area contributed by atoms with Crippen LogP contribution in [0.2, 0.25) is 0 Å². The van der Waals surface area contributed by atoms with Crippen LogP contribution in [0.4, 0.5) is 0 Å². The second-order valence-corrected chi connectivity index (χ2v) is 4.72. The number of hydrogen-bond acceptors (Lipinski definition) is 3. The Morgan fingerprint density at radius 2 is 2.44 bits per heavy atom. The molecule has 1 heterocycles. The van der Waals surface area contributed by atoms with Crippen LogP contribution in [0.5, 0.6) is 0 Å². The summed E-state index contributed by atoms with van der Waals surface area (Å²) in [6, 6.07) is 0.122. The van der Waals surface area contributed by atoms with Gasteiger partial charge in [0, 0.05) is 6.04 Å². The lowest BCUT2D eigenvalue weighted by Crippen LogP contribution is -2.47. The molecule has 2 atom stereocenters. The zero-order valence-electron chi connectivity index (χ0n) is 10.0. The Morgan fingerprint density at radius 3 is 3.00 bits per heavy atom. The van der Waals surface area contributed by atoms with Gasteiger partial charge in [-0.25, -0.2) is 0 Å². The lowest BCUT2D eigenvalue weighted by molar-refractivity contribution is 0.221. The van der Waals surface area contributed by atoms with Crippen molar-refractivity contribution in [2.24, 2.45) is 5.73 Å². The summed E-state index contributed by atoms with van der Waals surface area (Å²) in [5, 5.41) is 3.17. The number of allylic oxidation sites excluding steroid dienone is 4. The van der Waals surface area contributed by atoms with E-state index in [1.807, 2.05) is 7.05 Å². The first-order valence-corrected chi connectivity index (χ1v) is 6.20. The number of nitrogens with one attached hydrogen (secondary N) is 1. The van der Waals surface area contributed by atoms with Crippen molar-refractivity contribution in [2.75, 3.05) is 13.7 Å². The fourth-order valence-corrected chi connectivity index (χ4v) is 2.26. The summed E-state index contributed by atoms with van der Waals surface area (Å²) in [5.41, 5.74) is 7.47. The van der Waals surface area contributed by atoms with E-state index >= 15 is 0 Å². The van der Waals surface area contributed by atoms with Gasteiger partial charge < -0.3 is 10.5 Å². The highest BCUT2D eigenvalue weighted by atomic mass is 16.6. The van der Waals surface area contributed by atoms with Crippen LogP contribution in [0.3, 0.4) is 0 Å². The molecule has 2 rings (SSSR count). The first-order chi connectivity index (χ1) is 7.77. The minimum Gasteiger partial charge on any atom is -0.352 e. The Balaban J connectivity index is 1.68. The average molecular weight is 222 g/mol. The third-order valence-electron chi connectivity index (χ3n) is 3.59. The van der Waals surface area contributed by atoms with E-state index in [0.717, 1.165) is 19.4 Å². The molecule has 0 aromatic heterocycles. The molecule has 0 bridgehead atoms. The average Bonchev–Trinajstić information content (AvgIpc) is 3.11. The quantitative estimate of drug-likeness (QED) is 0.673. The van der Waals surface area contributed by atoms with E-state index in [1.165, 1.54) is 19.3 Å². The van der Waals surface area contributed by atoms with E-state index in [4.69, 9.17) is 10.5 Å². The Kier molecular flexibility index (Phi) is 3.79. The number of ether oxygens (including phenoxy) is 1. The molecule has 3 nitrogen and oxygen atoms in total. The first-order valence-electron chi connectivity index (χ1n) is 6.20. The van der Waals surface area contributed by atoms with Crippen molar-refractivity contribution >= 4 is 0 Å². The van der Waals surface area contributed by atoms with Crippen LogP contribution in [-0.2, 0) is 4.74 Å². The lowest BCUT2D eigenvalue weighted by Gasteiger charge is -2.19. The van der Waals surface area contributed by atoms with Crippen LogP contribution in [-0.4, -0.2) is 25.4 Å². The van der Waals surface area contributed by atoms with Gasteiger partial charge in [0.2, 0.25) is 0 Å². The van der Waals surface area contributed by atoms with Gasteiger partial charge in [0.05, 0.1) is 6.61 Å². The van der Waals surface area contributed by atoms with Gasteiger partial charge >= 0.3 is 0 Å². The van der Waals surface area contributed by atoms with Crippen LogP contribution in [0, 0.1) is 0 Å². The maximum atomic E-state index is 6.12. The van der Waals surface area contributed by atoms with Gasteiger partial charge in [0.25, 0.3) is 0 Å². The van der Waals surface area contributed by atoms with Crippen LogP contribution in [0.15, 0.2) is 23.8 Å². The summed E-state index contributed by atoms with van der Waals surface area (Å²) in [4.78, 5) is 0. The SMILES string of the molecule is CNC1(C(N)CCCC2=CC=CCC2)CO1. The smallest absolute Gasteiger partial charge is 0.157 e. The number of likely N-dealkylation sites (N-methyl/N-ethyl adjacent to an activating group) is 1. The van der Waals surface area contributed by atoms with Crippen molar-refractivity contribution in [3.63, 3.8) is 0 Å². The van der Waals surface area contributed by atoms with Crippen LogP contribution in [0.1, 0.15) is 32.1 Å². The Bertz CT molecular complexity index is 292. The number of epoxide rings is 1. The second-order valence-electron chi connectivity index (χ2n) is 4.72. The van der Waals surface area contributed by atoms with E-state index in [1.54, 1.807) is 5.57 Å². The van der Waals surface area contributed by atoms with Crippen molar-refractivity contribution in [1.29, 1.82) is 0 Å². The Morgan fingerprint density at radius 1 is 1.62 bits per heavy atom. The zero-order valence-corrected chi connectivity index (χ0v) is 10.0. The molecule has 2 aliphatic rings. The second kappa shape index (κ2) is 5.13. The van der Waals surface area contributed by atoms with E-state index in [0.29, 0.717) is 0 Å². The fourth-order valence-electron chi connectivity index (χ4n) is 2.26. The van der Waals surface area contributed by atoms with E-state index in [2.05, 4.69) is 23.5 Å². The highest BCUT2D eigenvalue weighted by Gasteiger charge is 2.48. The van der Waals surface area contributed by atoms with Gasteiger partial charge in [-0.2, -0.15) is 0 Å². The van der Waals surface area contributed by atoms with Crippen molar-refractivity contribution < 1.29 is 4.74 Å². The molecule has 16 heavy (non-hydrogen) atoms. The number of hydrogen-bond donors (Lipinski definition) is 2. The highest BCUT2D eigenvalue weighted by molar-refractivity contribution is 5.17. The topological polar surface area (TPSA) is 50.6 Å². The molecule has 3 heteroatoms. The molecule has 2 unspecified atom stereocenters. The van der Waals surface area contributed by atoms with Crippen molar-refractivity contribution in [3.05, 3.63) is 23.8 Å². The molecule has 0 radical (unpaired) electrons. The van der Waals surface area contributed by atoms with Gasteiger partial charge in [-0.15, -0.1) is 0 Å². The molecular formula is C13H22N2O. The first kappa shape index (κ1) is 11.8.